The third-order valence-corrected chi connectivity index (χ3v) is 4.02. The number of amides is 1. The molecule has 1 aliphatic rings. The molecule has 0 aliphatic carbocycles. The van der Waals surface area contributed by atoms with Crippen molar-refractivity contribution in [2.75, 3.05) is 12.4 Å². The third kappa shape index (κ3) is 3.72. The zero-order valence-electron chi connectivity index (χ0n) is 14.3. The number of aryl methyl sites for hydroxylation is 1. The molecule has 134 valence electrons. The molecule has 1 amide bonds. The van der Waals surface area contributed by atoms with Crippen LogP contribution in [-0.4, -0.2) is 30.8 Å². The second kappa shape index (κ2) is 7.35. The molecule has 1 heterocycles. The van der Waals surface area contributed by atoms with Gasteiger partial charge in [0, 0.05) is 17.7 Å². The first-order valence-corrected chi connectivity index (χ1v) is 7.96. The highest BCUT2D eigenvalue weighted by Crippen LogP contribution is 2.21. The highest BCUT2D eigenvalue weighted by atomic mass is 19.1. The van der Waals surface area contributed by atoms with E-state index in [9.17, 15) is 14.0 Å². The molecule has 0 aromatic heterocycles. The average Bonchev–Trinajstić information content (AvgIpc) is 3.13. The van der Waals surface area contributed by atoms with Gasteiger partial charge < -0.3 is 14.9 Å². The Morgan fingerprint density at radius 1 is 1.27 bits per heavy atom. The summed E-state index contributed by atoms with van der Waals surface area (Å²) in [7, 11) is 1.31. The molecule has 0 bridgehead atoms. The summed E-state index contributed by atoms with van der Waals surface area (Å²) < 4.78 is 18.0. The minimum Gasteiger partial charge on any atom is -0.465 e. The van der Waals surface area contributed by atoms with Gasteiger partial charge in [-0.15, -0.1) is 0 Å². The van der Waals surface area contributed by atoms with Crippen LogP contribution >= 0.6 is 0 Å². The first-order valence-electron chi connectivity index (χ1n) is 7.96. The fourth-order valence-electron chi connectivity index (χ4n) is 2.62. The Morgan fingerprint density at radius 2 is 2.08 bits per heavy atom. The van der Waals surface area contributed by atoms with Gasteiger partial charge in [-0.05, 0) is 42.8 Å². The summed E-state index contributed by atoms with van der Waals surface area (Å²) in [5, 5.41) is 6.65. The molecule has 1 atom stereocenters. The van der Waals surface area contributed by atoms with Crippen LogP contribution in [0.2, 0.25) is 0 Å². The number of benzene rings is 2. The zero-order chi connectivity index (χ0) is 18.7. The van der Waals surface area contributed by atoms with Gasteiger partial charge >= 0.3 is 5.97 Å². The minimum absolute atomic E-state index is 0.245. The topological polar surface area (TPSA) is 77.0 Å². The summed E-state index contributed by atoms with van der Waals surface area (Å²) in [6.07, 6.45) is -0.554. The largest absolute Gasteiger partial charge is 0.465 e. The highest BCUT2D eigenvalue weighted by molar-refractivity contribution is 6.06. The van der Waals surface area contributed by atoms with Crippen LogP contribution in [0.25, 0.3) is 0 Å². The van der Waals surface area contributed by atoms with E-state index in [1.54, 1.807) is 37.3 Å². The maximum Gasteiger partial charge on any atom is 0.337 e. The predicted molar refractivity (Wildman–Crippen MR) is 93.6 cm³/mol. The van der Waals surface area contributed by atoms with Crippen molar-refractivity contribution in [2.24, 2.45) is 5.16 Å². The standard InChI is InChI=1S/C19H17FN2O4/c1-11-8-13(19(24)25-2)6-7-15(11)21-18(23)17-10-16(22-26-17)12-4-3-5-14(20)9-12/h3-9,17H,10H2,1-2H3,(H,21,23)/t17-/m0/s1. The molecule has 7 heteroatoms. The summed E-state index contributed by atoms with van der Waals surface area (Å²) in [4.78, 5) is 29.1. The van der Waals surface area contributed by atoms with Crippen LogP contribution in [0.1, 0.15) is 27.9 Å². The Labute approximate surface area is 149 Å². The smallest absolute Gasteiger partial charge is 0.337 e. The molecule has 0 radical (unpaired) electrons. The molecule has 6 nitrogen and oxygen atoms in total. The lowest BCUT2D eigenvalue weighted by molar-refractivity contribution is -0.125. The van der Waals surface area contributed by atoms with E-state index in [0.717, 1.165) is 0 Å². The number of nitrogens with zero attached hydrogens (tertiary/aromatic N) is 1. The molecule has 2 aromatic carbocycles. The van der Waals surface area contributed by atoms with Crippen LogP contribution in [0.5, 0.6) is 0 Å². The third-order valence-electron chi connectivity index (χ3n) is 4.02. The van der Waals surface area contributed by atoms with Gasteiger partial charge in [0.25, 0.3) is 5.91 Å². The second-order valence-electron chi connectivity index (χ2n) is 5.86. The number of methoxy groups -OCH3 is 1. The SMILES string of the molecule is COC(=O)c1ccc(NC(=O)[C@@H]2CC(c3cccc(F)c3)=NO2)c(C)c1. The summed E-state index contributed by atoms with van der Waals surface area (Å²) in [5.41, 5.74) is 2.77. The lowest BCUT2D eigenvalue weighted by Crippen LogP contribution is -2.28. The number of anilines is 1. The van der Waals surface area contributed by atoms with Crippen molar-refractivity contribution in [2.45, 2.75) is 19.4 Å². The normalized spacial score (nSPS) is 15.8. The monoisotopic (exact) mass is 356 g/mol. The molecular weight excluding hydrogens is 339 g/mol. The first kappa shape index (κ1) is 17.6. The van der Waals surface area contributed by atoms with E-state index in [1.165, 1.54) is 19.2 Å². The summed E-state index contributed by atoms with van der Waals surface area (Å²) >= 11 is 0. The van der Waals surface area contributed by atoms with Gasteiger partial charge in [-0.1, -0.05) is 17.3 Å². The van der Waals surface area contributed by atoms with Crippen molar-refractivity contribution in [3.8, 4) is 0 Å². The van der Waals surface area contributed by atoms with Gasteiger partial charge in [0.2, 0.25) is 6.10 Å². The maximum atomic E-state index is 13.3. The molecule has 0 saturated heterocycles. The van der Waals surface area contributed by atoms with Crippen molar-refractivity contribution >= 4 is 23.3 Å². The van der Waals surface area contributed by atoms with Crippen LogP contribution < -0.4 is 5.32 Å². The molecule has 26 heavy (non-hydrogen) atoms. The van der Waals surface area contributed by atoms with Crippen LogP contribution in [0, 0.1) is 12.7 Å². The van der Waals surface area contributed by atoms with Gasteiger partial charge in [0.1, 0.15) is 5.82 Å². The van der Waals surface area contributed by atoms with E-state index in [4.69, 9.17) is 4.84 Å². The molecule has 1 aliphatic heterocycles. The number of rotatable bonds is 4. The Balaban J connectivity index is 1.66. The summed E-state index contributed by atoms with van der Waals surface area (Å²) in [6, 6.07) is 10.8. The van der Waals surface area contributed by atoms with Gasteiger partial charge in [-0.25, -0.2) is 9.18 Å². The molecule has 0 spiro atoms. The molecule has 3 rings (SSSR count). The minimum atomic E-state index is -0.798. The number of hydrogen-bond donors (Lipinski definition) is 1. The van der Waals surface area contributed by atoms with Crippen LogP contribution in [0.15, 0.2) is 47.6 Å². The van der Waals surface area contributed by atoms with Gasteiger partial charge in [-0.3, -0.25) is 4.79 Å². The van der Waals surface area contributed by atoms with E-state index >= 15 is 0 Å². The molecular formula is C19H17FN2O4. The Hall–Kier alpha value is -3.22. The number of carbonyl (C=O) groups is 2. The highest BCUT2D eigenvalue weighted by Gasteiger charge is 2.29. The van der Waals surface area contributed by atoms with Crippen molar-refractivity contribution in [3.63, 3.8) is 0 Å². The number of oxime groups is 1. The molecule has 1 N–H and O–H groups in total. The zero-order valence-corrected chi connectivity index (χ0v) is 14.3. The van der Waals surface area contributed by atoms with Gasteiger partial charge in [-0.2, -0.15) is 0 Å². The van der Waals surface area contributed by atoms with E-state index in [-0.39, 0.29) is 18.1 Å². The lowest BCUT2D eigenvalue weighted by Gasteiger charge is -2.12. The fraction of sp³-hybridized carbons (Fsp3) is 0.211. The fourth-order valence-corrected chi connectivity index (χ4v) is 2.62. The summed E-state index contributed by atoms with van der Waals surface area (Å²) in [5.74, 6) is -1.19. The number of carbonyl (C=O) groups excluding carboxylic acids is 2. The van der Waals surface area contributed by atoms with Crippen molar-refractivity contribution < 1.29 is 23.6 Å². The van der Waals surface area contributed by atoms with Crippen LogP contribution in [-0.2, 0) is 14.4 Å². The Bertz CT molecular complexity index is 895. The number of nitrogens with one attached hydrogen (secondary N) is 1. The number of hydrogen-bond acceptors (Lipinski definition) is 5. The second-order valence-corrected chi connectivity index (χ2v) is 5.86. The number of esters is 1. The van der Waals surface area contributed by atoms with E-state index in [2.05, 4.69) is 15.2 Å². The quantitative estimate of drug-likeness (QED) is 0.854. The first-order chi connectivity index (χ1) is 12.5. The van der Waals surface area contributed by atoms with Crippen molar-refractivity contribution in [3.05, 3.63) is 65.0 Å². The molecule has 0 fully saturated rings. The molecule has 0 saturated carbocycles. The van der Waals surface area contributed by atoms with E-state index in [0.29, 0.717) is 28.1 Å². The Morgan fingerprint density at radius 3 is 2.77 bits per heavy atom. The Kier molecular flexibility index (Phi) is 4.97. The van der Waals surface area contributed by atoms with Crippen molar-refractivity contribution in [1.29, 1.82) is 0 Å². The van der Waals surface area contributed by atoms with E-state index in [1.807, 2.05) is 0 Å². The molecule has 0 unspecified atom stereocenters. The molecule has 2 aromatic rings. The van der Waals surface area contributed by atoms with E-state index < -0.39 is 12.1 Å². The van der Waals surface area contributed by atoms with Crippen LogP contribution in [0.3, 0.4) is 0 Å². The maximum absolute atomic E-state index is 13.3. The summed E-state index contributed by atoms with van der Waals surface area (Å²) in [6.45, 7) is 1.77. The van der Waals surface area contributed by atoms with Gasteiger partial charge in [0.05, 0.1) is 18.4 Å². The van der Waals surface area contributed by atoms with Gasteiger partial charge in [0.15, 0.2) is 0 Å². The number of ether oxygens (including phenoxy) is 1. The predicted octanol–water partition coefficient (Wildman–Crippen LogP) is 3.05. The average molecular weight is 356 g/mol. The van der Waals surface area contributed by atoms with Crippen molar-refractivity contribution in [1.82, 2.24) is 0 Å². The van der Waals surface area contributed by atoms with Crippen LogP contribution in [0.4, 0.5) is 10.1 Å². The lowest BCUT2D eigenvalue weighted by atomic mass is 10.0. The number of halogens is 1.